The zero-order valence-corrected chi connectivity index (χ0v) is 9.88. The SMILES string of the molecule is CC(N)Cc1ccc(S(C)(=O)=O)c(F)c1O. The van der Waals surface area contributed by atoms with Crippen LogP contribution in [0.4, 0.5) is 4.39 Å². The van der Waals surface area contributed by atoms with Crippen LogP contribution in [0.15, 0.2) is 17.0 Å². The molecule has 6 heteroatoms. The zero-order valence-electron chi connectivity index (χ0n) is 9.07. The van der Waals surface area contributed by atoms with Crippen molar-refractivity contribution in [3.8, 4) is 5.75 Å². The molecule has 3 N–H and O–H groups in total. The Kier molecular flexibility index (Phi) is 3.54. The molecule has 0 saturated heterocycles. The van der Waals surface area contributed by atoms with Crippen LogP contribution in [0.2, 0.25) is 0 Å². The number of aromatic hydroxyl groups is 1. The van der Waals surface area contributed by atoms with E-state index in [1.807, 2.05) is 0 Å². The molecule has 0 saturated carbocycles. The van der Waals surface area contributed by atoms with E-state index in [-0.39, 0.29) is 12.5 Å². The van der Waals surface area contributed by atoms with Crippen LogP contribution < -0.4 is 5.73 Å². The van der Waals surface area contributed by atoms with E-state index in [2.05, 4.69) is 0 Å². The maximum absolute atomic E-state index is 13.5. The highest BCUT2D eigenvalue weighted by molar-refractivity contribution is 7.90. The minimum absolute atomic E-state index is 0.241. The lowest BCUT2D eigenvalue weighted by atomic mass is 10.1. The largest absolute Gasteiger partial charge is 0.505 e. The fourth-order valence-corrected chi connectivity index (χ4v) is 2.12. The summed E-state index contributed by atoms with van der Waals surface area (Å²) in [5.41, 5.74) is 5.82. The van der Waals surface area contributed by atoms with Gasteiger partial charge in [0, 0.05) is 12.3 Å². The van der Waals surface area contributed by atoms with E-state index in [0.717, 1.165) is 12.3 Å². The first kappa shape index (κ1) is 12.9. The number of benzene rings is 1. The molecule has 1 rings (SSSR count). The first-order valence-electron chi connectivity index (χ1n) is 4.69. The van der Waals surface area contributed by atoms with Crippen molar-refractivity contribution in [2.24, 2.45) is 5.73 Å². The zero-order chi connectivity index (χ0) is 12.5. The molecule has 0 aliphatic rings. The number of nitrogens with two attached hydrogens (primary N) is 1. The smallest absolute Gasteiger partial charge is 0.183 e. The standard InChI is InChI=1S/C10H14FNO3S/c1-6(12)5-7-3-4-8(16(2,14)15)9(11)10(7)13/h3-4,6,13H,5,12H2,1-2H3. The van der Waals surface area contributed by atoms with Crippen LogP contribution in [-0.4, -0.2) is 25.8 Å². The van der Waals surface area contributed by atoms with Crippen LogP contribution in [-0.2, 0) is 16.3 Å². The molecule has 1 unspecified atom stereocenters. The molecule has 0 spiro atoms. The van der Waals surface area contributed by atoms with Gasteiger partial charge in [0.15, 0.2) is 21.4 Å². The number of hydrogen-bond donors (Lipinski definition) is 2. The summed E-state index contributed by atoms with van der Waals surface area (Å²) in [4.78, 5) is -0.501. The first-order valence-corrected chi connectivity index (χ1v) is 6.58. The summed E-state index contributed by atoms with van der Waals surface area (Å²) in [5, 5.41) is 9.50. The molecule has 1 atom stereocenters. The van der Waals surface area contributed by atoms with Gasteiger partial charge in [-0.05, 0) is 25.0 Å². The summed E-state index contributed by atoms with van der Waals surface area (Å²) in [6.07, 6.45) is 1.17. The van der Waals surface area contributed by atoms with Crippen molar-refractivity contribution >= 4 is 9.84 Å². The quantitative estimate of drug-likeness (QED) is 0.828. The molecule has 0 fully saturated rings. The Balaban J connectivity index is 3.29. The molecular formula is C10H14FNO3S. The van der Waals surface area contributed by atoms with Gasteiger partial charge in [-0.3, -0.25) is 0 Å². The number of phenolic OH excluding ortho intramolecular Hbond substituents is 1. The first-order chi connectivity index (χ1) is 7.23. The molecule has 0 amide bonds. The molecular weight excluding hydrogens is 233 g/mol. The van der Waals surface area contributed by atoms with Crippen molar-refractivity contribution in [2.45, 2.75) is 24.3 Å². The third kappa shape index (κ3) is 2.70. The fraction of sp³-hybridized carbons (Fsp3) is 0.400. The van der Waals surface area contributed by atoms with Gasteiger partial charge in [-0.15, -0.1) is 0 Å². The second kappa shape index (κ2) is 4.39. The average molecular weight is 247 g/mol. The van der Waals surface area contributed by atoms with Gasteiger partial charge >= 0.3 is 0 Å². The van der Waals surface area contributed by atoms with Crippen molar-refractivity contribution in [3.05, 3.63) is 23.5 Å². The Hall–Kier alpha value is -1.14. The minimum atomic E-state index is -3.67. The van der Waals surface area contributed by atoms with Crippen molar-refractivity contribution in [2.75, 3.05) is 6.26 Å². The van der Waals surface area contributed by atoms with Crippen LogP contribution in [0.25, 0.3) is 0 Å². The topological polar surface area (TPSA) is 80.4 Å². The Labute approximate surface area is 93.8 Å². The third-order valence-corrected chi connectivity index (χ3v) is 3.22. The minimum Gasteiger partial charge on any atom is -0.505 e. The number of rotatable bonds is 3. The van der Waals surface area contributed by atoms with Gasteiger partial charge in [0.05, 0.1) is 0 Å². The number of phenols is 1. The van der Waals surface area contributed by atoms with Gasteiger partial charge in [-0.25, -0.2) is 12.8 Å². The van der Waals surface area contributed by atoms with E-state index in [0.29, 0.717) is 5.56 Å². The molecule has 4 nitrogen and oxygen atoms in total. The maximum Gasteiger partial charge on any atom is 0.183 e. The summed E-state index contributed by atoms with van der Waals surface area (Å²) in [6, 6.07) is 2.27. The number of hydrogen-bond acceptors (Lipinski definition) is 4. The van der Waals surface area contributed by atoms with Gasteiger partial charge in [-0.2, -0.15) is 0 Å². The summed E-state index contributed by atoms with van der Waals surface area (Å²) in [7, 11) is -3.67. The monoisotopic (exact) mass is 247 g/mol. The molecule has 0 aliphatic carbocycles. The van der Waals surface area contributed by atoms with Crippen LogP contribution in [0.5, 0.6) is 5.75 Å². The van der Waals surface area contributed by atoms with Crippen LogP contribution in [0.3, 0.4) is 0 Å². The normalized spacial score (nSPS) is 13.8. The summed E-state index contributed by atoms with van der Waals surface area (Å²) >= 11 is 0. The highest BCUT2D eigenvalue weighted by Crippen LogP contribution is 2.27. The lowest BCUT2D eigenvalue weighted by Gasteiger charge is -2.10. The van der Waals surface area contributed by atoms with Crippen LogP contribution >= 0.6 is 0 Å². The van der Waals surface area contributed by atoms with E-state index < -0.39 is 26.3 Å². The van der Waals surface area contributed by atoms with Gasteiger partial charge in [-0.1, -0.05) is 6.07 Å². The molecule has 1 aromatic rings. The Morgan fingerprint density at radius 1 is 1.50 bits per heavy atom. The lowest BCUT2D eigenvalue weighted by Crippen LogP contribution is -2.18. The molecule has 0 aliphatic heterocycles. The van der Waals surface area contributed by atoms with E-state index >= 15 is 0 Å². The van der Waals surface area contributed by atoms with Gasteiger partial charge < -0.3 is 10.8 Å². The molecule has 90 valence electrons. The van der Waals surface area contributed by atoms with E-state index in [4.69, 9.17) is 5.73 Å². The van der Waals surface area contributed by atoms with Crippen molar-refractivity contribution in [1.29, 1.82) is 0 Å². The second-order valence-corrected chi connectivity index (χ2v) is 5.82. The Bertz CT molecular complexity index is 497. The van der Waals surface area contributed by atoms with E-state index in [1.165, 1.54) is 6.07 Å². The second-order valence-electron chi connectivity index (χ2n) is 3.84. The van der Waals surface area contributed by atoms with Gasteiger partial charge in [0.1, 0.15) is 4.90 Å². The summed E-state index contributed by atoms with van der Waals surface area (Å²) < 4.78 is 35.9. The van der Waals surface area contributed by atoms with Crippen molar-refractivity contribution < 1.29 is 17.9 Å². The molecule has 0 radical (unpaired) electrons. The summed E-state index contributed by atoms with van der Waals surface area (Å²) in [6.45, 7) is 1.71. The van der Waals surface area contributed by atoms with Crippen molar-refractivity contribution in [1.82, 2.24) is 0 Å². The summed E-state index contributed by atoms with van der Waals surface area (Å²) in [5.74, 6) is -1.75. The highest BCUT2D eigenvalue weighted by Gasteiger charge is 2.19. The highest BCUT2D eigenvalue weighted by atomic mass is 32.2. The maximum atomic E-state index is 13.5. The molecule has 1 aromatic carbocycles. The number of halogens is 1. The Morgan fingerprint density at radius 2 is 2.06 bits per heavy atom. The van der Waals surface area contributed by atoms with Gasteiger partial charge in [0.2, 0.25) is 0 Å². The fourth-order valence-electron chi connectivity index (χ4n) is 1.38. The van der Waals surface area contributed by atoms with Crippen LogP contribution in [0, 0.1) is 5.82 Å². The third-order valence-electron chi connectivity index (χ3n) is 2.11. The molecule has 0 aromatic heterocycles. The average Bonchev–Trinajstić information content (AvgIpc) is 2.10. The Morgan fingerprint density at radius 3 is 2.50 bits per heavy atom. The van der Waals surface area contributed by atoms with Gasteiger partial charge in [0.25, 0.3) is 0 Å². The molecule has 0 heterocycles. The molecule has 0 bridgehead atoms. The predicted octanol–water partition coefficient (Wildman–Crippen LogP) is 0.825. The number of sulfone groups is 1. The lowest BCUT2D eigenvalue weighted by molar-refractivity contribution is 0.415. The van der Waals surface area contributed by atoms with E-state index in [1.54, 1.807) is 6.92 Å². The van der Waals surface area contributed by atoms with Crippen molar-refractivity contribution in [3.63, 3.8) is 0 Å². The molecule has 16 heavy (non-hydrogen) atoms. The van der Waals surface area contributed by atoms with E-state index in [9.17, 15) is 17.9 Å². The van der Waals surface area contributed by atoms with Crippen LogP contribution in [0.1, 0.15) is 12.5 Å². The predicted molar refractivity (Wildman–Crippen MR) is 58.5 cm³/mol.